The molecule has 0 radical (unpaired) electrons. The molecule has 2 aliphatic rings. The lowest BCUT2D eigenvalue weighted by Crippen LogP contribution is -2.51. The zero-order valence-corrected chi connectivity index (χ0v) is 14.0. The molecule has 0 bridgehead atoms. The minimum atomic E-state index is -3.55. The molecule has 2 atom stereocenters. The van der Waals surface area contributed by atoms with Crippen LogP contribution in [-0.2, 0) is 10.0 Å². The van der Waals surface area contributed by atoms with E-state index >= 15 is 0 Å². The molecular formula is C14H21ClN2O4S. The second kappa shape index (κ2) is 7.04. The van der Waals surface area contributed by atoms with Gasteiger partial charge in [-0.15, -0.1) is 12.4 Å². The molecule has 3 rings (SSSR count). The highest BCUT2D eigenvalue weighted by Crippen LogP contribution is 2.32. The minimum Gasteiger partial charge on any atom is -0.486 e. The summed E-state index contributed by atoms with van der Waals surface area (Å²) in [6.07, 6.45) is 1.82. The van der Waals surface area contributed by atoms with Crippen molar-refractivity contribution in [2.24, 2.45) is 0 Å². The number of hydrogen-bond donors (Lipinski definition) is 2. The molecule has 2 unspecified atom stereocenters. The summed E-state index contributed by atoms with van der Waals surface area (Å²) in [5.74, 6) is 1.08. The lowest BCUT2D eigenvalue weighted by Gasteiger charge is -2.30. The molecule has 1 aromatic rings. The Hall–Kier alpha value is -1.02. The maximum atomic E-state index is 12.5. The van der Waals surface area contributed by atoms with Crippen LogP contribution in [0.25, 0.3) is 0 Å². The molecule has 1 saturated heterocycles. The van der Waals surface area contributed by atoms with Crippen LogP contribution in [0, 0.1) is 0 Å². The molecule has 1 fully saturated rings. The topological polar surface area (TPSA) is 76.7 Å². The summed E-state index contributed by atoms with van der Waals surface area (Å²) in [7, 11) is -3.55. The van der Waals surface area contributed by atoms with Crippen molar-refractivity contribution in [1.29, 1.82) is 0 Å². The second-order valence-corrected chi connectivity index (χ2v) is 7.13. The lowest BCUT2D eigenvalue weighted by atomic mass is 10.0. The third-order valence-corrected chi connectivity index (χ3v) is 5.38. The maximum Gasteiger partial charge on any atom is 0.241 e. The first-order valence-electron chi connectivity index (χ1n) is 7.22. The average molecular weight is 349 g/mol. The number of benzene rings is 1. The fourth-order valence-corrected chi connectivity index (χ4v) is 4.03. The molecule has 2 heterocycles. The van der Waals surface area contributed by atoms with Gasteiger partial charge in [-0.05, 0) is 38.4 Å². The van der Waals surface area contributed by atoms with Crippen LogP contribution in [0.4, 0.5) is 0 Å². The number of rotatable bonds is 3. The highest BCUT2D eigenvalue weighted by molar-refractivity contribution is 7.89. The van der Waals surface area contributed by atoms with Gasteiger partial charge in [0.15, 0.2) is 11.5 Å². The molecular weight excluding hydrogens is 328 g/mol. The first kappa shape index (κ1) is 17.3. The maximum absolute atomic E-state index is 12.5. The van der Waals surface area contributed by atoms with Crippen molar-refractivity contribution in [2.45, 2.75) is 36.7 Å². The molecule has 8 heteroatoms. The number of piperidine rings is 1. The quantitative estimate of drug-likeness (QED) is 0.861. The highest BCUT2D eigenvalue weighted by atomic mass is 35.5. The number of ether oxygens (including phenoxy) is 2. The Kier molecular flexibility index (Phi) is 5.55. The molecule has 0 amide bonds. The Bertz CT molecular complexity index is 623. The third-order valence-electron chi connectivity index (χ3n) is 3.89. The molecule has 0 aromatic heterocycles. The van der Waals surface area contributed by atoms with Crippen LogP contribution in [0.5, 0.6) is 11.5 Å². The normalized spacial score (nSPS) is 24.4. The Balaban J connectivity index is 0.00000176. The highest BCUT2D eigenvalue weighted by Gasteiger charge is 2.27. The second-order valence-electron chi connectivity index (χ2n) is 5.42. The first-order valence-corrected chi connectivity index (χ1v) is 8.70. The van der Waals surface area contributed by atoms with E-state index < -0.39 is 10.0 Å². The zero-order valence-electron chi connectivity index (χ0n) is 12.4. The Morgan fingerprint density at radius 3 is 2.68 bits per heavy atom. The summed E-state index contributed by atoms with van der Waals surface area (Å²) in [4.78, 5) is 0.213. The predicted octanol–water partition coefficient (Wildman–Crippen LogP) is 1.30. The zero-order chi connectivity index (χ0) is 14.9. The standard InChI is InChI=1S/C14H20N2O4S.ClH/c1-10-12(3-2-6-15-10)16-21(17,18)11-4-5-13-14(9-11)20-8-7-19-13;/h4-5,9-10,12,15-16H,2-3,6-8H2,1H3;1H. The van der Waals surface area contributed by atoms with Gasteiger partial charge in [-0.1, -0.05) is 0 Å². The average Bonchev–Trinajstić information content (AvgIpc) is 2.49. The Labute approximate surface area is 137 Å². The summed E-state index contributed by atoms with van der Waals surface area (Å²) in [6, 6.07) is 4.77. The monoisotopic (exact) mass is 348 g/mol. The molecule has 2 N–H and O–H groups in total. The van der Waals surface area contributed by atoms with E-state index in [1.54, 1.807) is 12.1 Å². The molecule has 124 valence electrons. The van der Waals surface area contributed by atoms with Gasteiger partial charge >= 0.3 is 0 Å². The van der Waals surface area contributed by atoms with Crippen LogP contribution < -0.4 is 19.5 Å². The number of fused-ring (bicyclic) bond motifs is 1. The summed E-state index contributed by atoms with van der Waals surface area (Å²) < 4.78 is 38.6. The van der Waals surface area contributed by atoms with Gasteiger partial charge < -0.3 is 14.8 Å². The number of hydrogen-bond acceptors (Lipinski definition) is 5. The summed E-state index contributed by atoms with van der Waals surface area (Å²) in [5.41, 5.74) is 0. The number of sulfonamides is 1. The van der Waals surface area contributed by atoms with Crippen molar-refractivity contribution in [3.05, 3.63) is 18.2 Å². The van der Waals surface area contributed by atoms with Gasteiger partial charge in [-0.25, -0.2) is 13.1 Å². The van der Waals surface area contributed by atoms with Crippen molar-refractivity contribution in [2.75, 3.05) is 19.8 Å². The molecule has 22 heavy (non-hydrogen) atoms. The van der Waals surface area contributed by atoms with Gasteiger partial charge in [0, 0.05) is 18.2 Å². The molecule has 1 aromatic carbocycles. The van der Waals surface area contributed by atoms with Crippen molar-refractivity contribution < 1.29 is 17.9 Å². The van der Waals surface area contributed by atoms with Gasteiger partial charge in [0.05, 0.1) is 4.90 Å². The van der Waals surface area contributed by atoms with Gasteiger partial charge in [-0.2, -0.15) is 0 Å². The van der Waals surface area contributed by atoms with Crippen LogP contribution in [0.15, 0.2) is 23.1 Å². The molecule has 0 spiro atoms. The Morgan fingerprint density at radius 2 is 1.95 bits per heavy atom. The van der Waals surface area contributed by atoms with E-state index in [1.807, 2.05) is 6.92 Å². The first-order chi connectivity index (χ1) is 10.1. The van der Waals surface area contributed by atoms with E-state index in [0.717, 1.165) is 19.4 Å². The SMILES string of the molecule is CC1NCCCC1NS(=O)(=O)c1ccc2c(c1)OCCO2.Cl. The van der Waals surface area contributed by atoms with Crippen molar-refractivity contribution in [3.8, 4) is 11.5 Å². The van der Waals surface area contributed by atoms with E-state index in [1.165, 1.54) is 6.07 Å². The number of halogens is 1. The lowest BCUT2D eigenvalue weighted by molar-refractivity contribution is 0.171. The predicted molar refractivity (Wildman–Crippen MR) is 85.5 cm³/mol. The van der Waals surface area contributed by atoms with Gasteiger partial charge in [0.2, 0.25) is 10.0 Å². The Morgan fingerprint density at radius 1 is 1.23 bits per heavy atom. The molecule has 2 aliphatic heterocycles. The fraction of sp³-hybridized carbons (Fsp3) is 0.571. The largest absolute Gasteiger partial charge is 0.486 e. The molecule has 0 aliphatic carbocycles. The van der Waals surface area contributed by atoms with E-state index in [4.69, 9.17) is 9.47 Å². The van der Waals surface area contributed by atoms with Crippen LogP contribution in [-0.4, -0.2) is 40.3 Å². The van der Waals surface area contributed by atoms with Gasteiger partial charge in [0.25, 0.3) is 0 Å². The van der Waals surface area contributed by atoms with Gasteiger partial charge in [0.1, 0.15) is 13.2 Å². The van der Waals surface area contributed by atoms with Crippen molar-refractivity contribution in [1.82, 2.24) is 10.0 Å². The van der Waals surface area contributed by atoms with E-state index in [0.29, 0.717) is 24.7 Å². The van der Waals surface area contributed by atoms with Crippen LogP contribution in [0.3, 0.4) is 0 Å². The fourth-order valence-electron chi connectivity index (χ4n) is 2.66. The van der Waals surface area contributed by atoms with Crippen LogP contribution >= 0.6 is 12.4 Å². The van der Waals surface area contributed by atoms with E-state index in [2.05, 4.69) is 10.0 Å². The van der Waals surface area contributed by atoms with E-state index in [9.17, 15) is 8.42 Å². The van der Waals surface area contributed by atoms with Crippen molar-refractivity contribution in [3.63, 3.8) is 0 Å². The van der Waals surface area contributed by atoms with Crippen LogP contribution in [0.1, 0.15) is 19.8 Å². The third kappa shape index (κ3) is 3.65. The van der Waals surface area contributed by atoms with Crippen molar-refractivity contribution >= 4 is 22.4 Å². The smallest absolute Gasteiger partial charge is 0.241 e. The summed E-state index contributed by atoms with van der Waals surface area (Å²) >= 11 is 0. The van der Waals surface area contributed by atoms with Crippen LogP contribution in [0.2, 0.25) is 0 Å². The van der Waals surface area contributed by atoms with Gasteiger partial charge in [-0.3, -0.25) is 0 Å². The van der Waals surface area contributed by atoms with E-state index in [-0.39, 0.29) is 29.4 Å². The number of nitrogens with one attached hydrogen (secondary N) is 2. The minimum absolute atomic E-state index is 0. The molecule has 6 nitrogen and oxygen atoms in total. The summed E-state index contributed by atoms with van der Waals surface area (Å²) in [5, 5.41) is 3.28. The molecule has 0 saturated carbocycles. The summed E-state index contributed by atoms with van der Waals surface area (Å²) in [6.45, 7) is 3.86.